The van der Waals surface area contributed by atoms with Gasteiger partial charge in [-0.1, -0.05) is 48.5 Å². The lowest BCUT2D eigenvalue weighted by Gasteiger charge is -2.06. The highest BCUT2D eigenvalue weighted by molar-refractivity contribution is 6.00. The van der Waals surface area contributed by atoms with Crippen molar-refractivity contribution in [3.8, 4) is 11.1 Å². The fraction of sp³-hybridized carbons (Fsp3) is 0.133. The topological polar surface area (TPSA) is 24.4 Å². The molecule has 17 heavy (non-hydrogen) atoms. The van der Waals surface area contributed by atoms with Crippen LogP contribution in [0.15, 0.2) is 59.6 Å². The first-order chi connectivity index (χ1) is 8.43. The van der Waals surface area contributed by atoms with Crippen molar-refractivity contribution in [1.29, 1.82) is 0 Å². The van der Waals surface area contributed by atoms with E-state index in [1.807, 2.05) is 6.07 Å². The van der Waals surface area contributed by atoms with Gasteiger partial charge in [0.1, 0.15) is 5.84 Å². The molecule has 0 unspecified atom stereocenters. The van der Waals surface area contributed by atoms with Gasteiger partial charge in [0.15, 0.2) is 0 Å². The van der Waals surface area contributed by atoms with Gasteiger partial charge in [0.05, 0.1) is 6.54 Å². The first-order valence-corrected chi connectivity index (χ1v) is 5.88. The fourth-order valence-corrected chi connectivity index (χ4v) is 2.07. The van der Waals surface area contributed by atoms with E-state index in [0.29, 0.717) is 0 Å². The SMILES string of the molecule is c1ccc(-c2cccc(C3=NCCN3)c2)cc1. The van der Waals surface area contributed by atoms with Crippen molar-refractivity contribution >= 4 is 5.84 Å². The van der Waals surface area contributed by atoms with Gasteiger partial charge in [0, 0.05) is 12.1 Å². The molecule has 0 bridgehead atoms. The molecule has 2 aromatic rings. The Kier molecular flexibility index (Phi) is 2.62. The van der Waals surface area contributed by atoms with Crippen LogP contribution in [0.1, 0.15) is 5.56 Å². The molecular weight excluding hydrogens is 208 g/mol. The summed E-state index contributed by atoms with van der Waals surface area (Å²) in [6.07, 6.45) is 0. The van der Waals surface area contributed by atoms with E-state index in [1.54, 1.807) is 0 Å². The highest BCUT2D eigenvalue weighted by Crippen LogP contribution is 2.20. The first-order valence-electron chi connectivity index (χ1n) is 5.88. The Bertz CT molecular complexity index is 544. The number of rotatable bonds is 2. The number of amidine groups is 1. The molecule has 0 atom stereocenters. The maximum atomic E-state index is 4.45. The van der Waals surface area contributed by atoms with Crippen molar-refractivity contribution in [2.45, 2.75) is 0 Å². The first kappa shape index (κ1) is 10.1. The number of benzene rings is 2. The zero-order chi connectivity index (χ0) is 11.5. The molecule has 1 aliphatic rings. The van der Waals surface area contributed by atoms with Crippen LogP contribution in [0.2, 0.25) is 0 Å². The van der Waals surface area contributed by atoms with Crippen LogP contribution in [-0.2, 0) is 0 Å². The van der Waals surface area contributed by atoms with Crippen LogP contribution in [0.25, 0.3) is 11.1 Å². The number of nitrogens with one attached hydrogen (secondary N) is 1. The second kappa shape index (κ2) is 4.42. The van der Waals surface area contributed by atoms with E-state index in [4.69, 9.17) is 0 Å². The third-order valence-electron chi connectivity index (χ3n) is 2.92. The summed E-state index contributed by atoms with van der Waals surface area (Å²) >= 11 is 0. The normalized spacial score (nSPS) is 14.2. The highest BCUT2D eigenvalue weighted by atomic mass is 15.1. The van der Waals surface area contributed by atoms with E-state index in [-0.39, 0.29) is 0 Å². The maximum absolute atomic E-state index is 4.45. The van der Waals surface area contributed by atoms with Crippen molar-refractivity contribution in [1.82, 2.24) is 5.32 Å². The molecule has 0 fully saturated rings. The largest absolute Gasteiger partial charge is 0.368 e. The number of hydrogen-bond acceptors (Lipinski definition) is 2. The molecule has 2 nitrogen and oxygen atoms in total. The average Bonchev–Trinajstić information content (AvgIpc) is 2.94. The van der Waals surface area contributed by atoms with Gasteiger partial charge in [-0.2, -0.15) is 0 Å². The molecule has 2 heteroatoms. The zero-order valence-electron chi connectivity index (χ0n) is 9.56. The van der Waals surface area contributed by atoms with Gasteiger partial charge < -0.3 is 5.32 Å². The van der Waals surface area contributed by atoms with Gasteiger partial charge in [0.25, 0.3) is 0 Å². The van der Waals surface area contributed by atoms with Gasteiger partial charge in [-0.3, -0.25) is 4.99 Å². The average molecular weight is 222 g/mol. The molecule has 0 spiro atoms. The quantitative estimate of drug-likeness (QED) is 0.830. The van der Waals surface area contributed by atoms with Crippen molar-refractivity contribution in [2.24, 2.45) is 4.99 Å². The third-order valence-corrected chi connectivity index (χ3v) is 2.92. The minimum absolute atomic E-state index is 0.880. The highest BCUT2D eigenvalue weighted by Gasteiger charge is 2.08. The van der Waals surface area contributed by atoms with Crippen LogP contribution in [0.4, 0.5) is 0 Å². The van der Waals surface area contributed by atoms with E-state index >= 15 is 0 Å². The molecule has 1 heterocycles. The number of aliphatic imine (C=N–C) groups is 1. The molecule has 0 aliphatic carbocycles. The van der Waals surface area contributed by atoms with Crippen LogP contribution >= 0.6 is 0 Å². The summed E-state index contributed by atoms with van der Waals surface area (Å²) in [5, 5.41) is 3.30. The Morgan fingerprint density at radius 2 is 1.59 bits per heavy atom. The molecule has 0 saturated heterocycles. The summed E-state index contributed by atoms with van der Waals surface area (Å²) in [6, 6.07) is 18.9. The second-order valence-electron chi connectivity index (χ2n) is 4.10. The van der Waals surface area contributed by atoms with Gasteiger partial charge >= 0.3 is 0 Å². The van der Waals surface area contributed by atoms with E-state index in [1.165, 1.54) is 16.7 Å². The number of nitrogens with zero attached hydrogens (tertiary/aromatic N) is 1. The van der Waals surface area contributed by atoms with Gasteiger partial charge in [-0.15, -0.1) is 0 Å². The van der Waals surface area contributed by atoms with Crippen molar-refractivity contribution in [3.05, 3.63) is 60.2 Å². The van der Waals surface area contributed by atoms with Crippen LogP contribution in [0, 0.1) is 0 Å². The standard InChI is InChI=1S/C15H14N2/c1-2-5-12(6-3-1)13-7-4-8-14(11-13)15-16-9-10-17-15/h1-8,11H,9-10H2,(H,16,17). The third kappa shape index (κ3) is 2.07. The van der Waals surface area contributed by atoms with Crippen LogP contribution < -0.4 is 5.32 Å². The molecule has 84 valence electrons. The molecule has 0 radical (unpaired) electrons. The van der Waals surface area contributed by atoms with Gasteiger partial charge in [0.2, 0.25) is 0 Å². The Labute approximate surface area is 101 Å². The molecule has 0 saturated carbocycles. The van der Waals surface area contributed by atoms with E-state index in [0.717, 1.165) is 18.9 Å². The lowest BCUT2D eigenvalue weighted by Crippen LogP contribution is -2.19. The predicted octanol–water partition coefficient (Wildman–Crippen LogP) is 2.70. The Morgan fingerprint density at radius 1 is 0.824 bits per heavy atom. The number of hydrogen-bond donors (Lipinski definition) is 1. The molecule has 1 aliphatic heterocycles. The molecule has 3 rings (SSSR count). The molecule has 2 aromatic carbocycles. The van der Waals surface area contributed by atoms with E-state index in [9.17, 15) is 0 Å². The summed E-state index contributed by atoms with van der Waals surface area (Å²) in [7, 11) is 0. The van der Waals surface area contributed by atoms with Crippen molar-refractivity contribution < 1.29 is 0 Å². The molecule has 1 N–H and O–H groups in total. The minimum atomic E-state index is 0.880. The van der Waals surface area contributed by atoms with Crippen molar-refractivity contribution in [2.75, 3.05) is 13.1 Å². The predicted molar refractivity (Wildman–Crippen MR) is 71.3 cm³/mol. The van der Waals surface area contributed by atoms with E-state index in [2.05, 4.69) is 58.8 Å². The second-order valence-corrected chi connectivity index (χ2v) is 4.10. The molecular formula is C15H14N2. The Balaban J connectivity index is 2.00. The molecule has 0 aromatic heterocycles. The zero-order valence-corrected chi connectivity index (χ0v) is 9.56. The summed E-state index contributed by atoms with van der Waals surface area (Å²) in [5.74, 6) is 1.02. The Morgan fingerprint density at radius 3 is 2.35 bits per heavy atom. The minimum Gasteiger partial charge on any atom is -0.368 e. The lowest BCUT2D eigenvalue weighted by molar-refractivity contribution is 0.960. The Hall–Kier alpha value is -2.09. The van der Waals surface area contributed by atoms with E-state index < -0.39 is 0 Å². The lowest BCUT2D eigenvalue weighted by atomic mass is 10.0. The molecule has 0 amide bonds. The maximum Gasteiger partial charge on any atom is 0.128 e. The van der Waals surface area contributed by atoms with Crippen LogP contribution in [0.5, 0.6) is 0 Å². The van der Waals surface area contributed by atoms with Crippen LogP contribution in [-0.4, -0.2) is 18.9 Å². The summed E-state index contributed by atoms with van der Waals surface area (Å²) in [5.41, 5.74) is 3.65. The summed E-state index contributed by atoms with van der Waals surface area (Å²) in [6.45, 7) is 1.83. The monoisotopic (exact) mass is 222 g/mol. The van der Waals surface area contributed by atoms with Crippen molar-refractivity contribution in [3.63, 3.8) is 0 Å². The summed E-state index contributed by atoms with van der Waals surface area (Å²) in [4.78, 5) is 4.45. The summed E-state index contributed by atoms with van der Waals surface area (Å²) < 4.78 is 0. The van der Waals surface area contributed by atoms with Crippen LogP contribution in [0.3, 0.4) is 0 Å². The van der Waals surface area contributed by atoms with Gasteiger partial charge in [-0.05, 0) is 17.2 Å². The fourth-order valence-electron chi connectivity index (χ4n) is 2.07. The smallest absolute Gasteiger partial charge is 0.128 e. The van der Waals surface area contributed by atoms with Gasteiger partial charge in [-0.25, -0.2) is 0 Å².